The Bertz CT molecular complexity index is 597. The quantitative estimate of drug-likeness (QED) is 0.867. The summed E-state index contributed by atoms with van der Waals surface area (Å²) in [5.74, 6) is 0. The third kappa shape index (κ3) is 3.73. The molecule has 1 heterocycles. The van der Waals surface area contributed by atoms with Gasteiger partial charge in [0.25, 0.3) is 0 Å². The molecular weight excluding hydrogens is 258 g/mol. The molecule has 0 aliphatic heterocycles. The minimum atomic E-state index is 0.504. The third-order valence-corrected chi connectivity index (χ3v) is 3.85. The van der Waals surface area contributed by atoms with Crippen LogP contribution in [0.3, 0.4) is 0 Å². The van der Waals surface area contributed by atoms with Crippen molar-refractivity contribution in [3.63, 3.8) is 0 Å². The molecule has 21 heavy (non-hydrogen) atoms. The number of nitrogens with zero attached hydrogens (tertiary/aromatic N) is 2. The first-order valence-electron chi connectivity index (χ1n) is 7.88. The molecule has 114 valence electrons. The van der Waals surface area contributed by atoms with Gasteiger partial charge in [0.1, 0.15) is 0 Å². The molecule has 3 nitrogen and oxygen atoms in total. The summed E-state index contributed by atoms with van der Waals surface area (Å²) in [5.41, 5.74) is 6.45. The maximum atomic E-state index is 4.53. The van der Waals surface area contributed by atoms with Crippen LogP contribution in [0.15, 0.2) is 24.4 Å². The minimum Gasteiger partial charge on any atom is -0.310 e. The van der Waals surface area contributed by atoms with Crippen molar-refractivity contribution in [3.8, 4) is 11.1 Å². The average molecular weight is 285 g/mol. The summed E-state index contributed by atoms with van der Waals surface area (Å²) in [4.78, 5) is 0. The van der Waals surface area contributed by atoms with E-state index in [0.29, 0.717) is 6.04 Å². The van der Waals surface area contributed by atoms with Crippen molar-refractivity contribution >= 4 is 0 Å². The second-order valence-corrected chi connectivity index (χ2v) is 6.05. The molecule has 1 aromatic carbocycles. The Morgan fingerprint density at radius 2 is 1.95 bits per heavy atom. The van der Waals surface area contributed by atoms with E-state index in [1.807, 2.05) is 6.20 Å². The van der Waals surface area contributed by atoms with Crippen LogP contribution in [-0.2, 0) is 13.1 Å². The maximum Gasteiger partial charge on any atom is 0.0571 e. The second kappa shape index (κ2) is 6.90. The smallest absolute Gasteiger partial charge is 0.0571 e. The summed E-state index contributed by atoms with van der Waals surface area (Å²) in [5, 5.41) is 8.01. The van der Waals surface area contributed by atoms with Gasteiger partial charge in [-0.2, -0.15) is 5.10 Å². The molecule has 0 fully saturated rings. The van der Waals surface area contributed by atoms with Crippen LogP contribution in [0, 0.1) is 13.8 Å². The van der Waals surface area contributed by atoms with E-state index in [4.69, 9.17) is 0 Å². The lowest BCUT2D eigenvalue weighted by Gasteiger charge is -2.12. The first-order chi connectivity index (χ1) is 10.0. The van der Waals surface area contributed by atoms with E-state index in [-0.39, 0.29) is 0 Å². The van der Waals surface area contributed by atoms with Gasteiger partial charge in [-0.15, -0.1) is 0 Å². The second-order valence-electron chi connectivity index (χ2n) is 6.05. The van der Waals surface area contributed by atoms with Gasteiger partial charge in [-0.3, -0.25) is 4.68 Å². The molecule has 0 atom stereocenters. The van der Waals surface area contributed by atoms with Crippen molar-refractivity contribution in [1.82, 2.24) is 15.1 Å². The van der Waals surface area contributed by atoms with Crippen LogP contribution in [0.5, 0.6) is 0 Å². The molecule has 0 saturated heterocycles. The molecule has 0 spiro atoms. The molecule has 0 unspecified atom stereocenters. The summed E-state index contributed by atoms with van der Waals surface area (Å²) in [7, 11) is 0. The van der Waals surface area contributed by atoms with E-state index < -0.39 is 0 Å². The normalized spacial score (nSPS) is 11.3. The highest BCUT2D eigenvalue weighted by molar-refractivity contribution is 5.69. The fourth-order valence-electron chi connectivity index (χ4n) is 2.54. The number of benzene rings is 1. The zero-order chi connectivity index (χ0) is 15.4. The largest absolute Gasteiger partial charge is 0.310 e. The monoisotopic (exact) mass is 285 g/mol. The topological polar surface area (TPSA) is 29.9 Å². The van der Waals surface area contributed by atoms with Gasteiger partial charge in [0.05, 0.1) is 6.20 Å². The maximum absolute atomic E-state index is 4.53. The molecule has 0 bridgehead atoms. The number of aromatic nitrogens is 2. The molecule has 0 radical (unpaired) electrons. The van der Waals surface area contributed by atoms with Crippen LogP contribution >= 0.6 is 0 Å². The van der Waals surface area contributed by atoms with E-state index in [9.17, 15) is 0 Å². The fraction of sp³-hybridized carbons (Fsp3) is 0.500. The highest BCUT2D eigenvalue weighted by Crippen LogP contribution is 2.27. The van der Waals surface area contributed by atoms with Gasteiger partial charge in [0.15, 0.2) is 0 Å². The van der Waals surface area contributed by atoms with E-state index in [1.54, 1.807) is 0 Å². The molecule has 2 rings (SSSR count). The number of hydrogen-bond donors (Lipinski definition) is 1. The molecule has 3 heteroatoms. The van der Waals surface area contributed by atoms with Crippen LogP contribution in [-0.4, -0.2) is 15.8 Å². The van der Waals surface area contributed by atoms with Gasteiger partial charge >= 0.3 is 0 Å². The Hall–Kier alpha value is -1.61. The number of aryl methyl sites for hydroxylation is 2. The average Bonchev–Trinajstić information content (AvgIpc) is 2.80. The van der Waals surface area contributed by atoms with E-state index in [0.717, 1.165) is 19.5 Å². The van der Waals surface area contributed by atoms with E-state index in [1.165, 1.54) is 27.9 Å². The molecule has 0 aliphatic carbocycles. The van der Waals surface area contributed by atoms with Crippen LogP contribution in [0.1, 0.15) is 44.0 Å². The zero-order valence-corrected chi connectivity index (χ0v) is 13.9. The van der Waals surface area contributed by atoms with Crippen LogP contribution in [0.4, 0.5) is 0 Å². The lowest BCUT2D eigenvalue weighted by atomic mass is 9.98. The molecular formula is C18H27N3. The molecule has 0 amide bonds. The Morgan fingerprint density at radius 3 is 2.62 bits per heavy atom. The van der Waals surface area contributed by atoms with Crippen molar-refractivity contribution in [2.75, 3.05) is 0 Å². The van der Waals surface area contributed by atoms with Crippen molar-refractivity contribution in [1.29, 1.82) is 0 Å². The van der Waals surface area contributed by atoms with Crippen molar-refractivity contribution < 1.29 is 0 Å². The zero-order valence-electron chi connectivity index (χ0n) is 13.9. The van der Waals surface area contributed by atoms with Crippen LogP contribution in [0.25, 0.3) is 11.1 Å². The van der Waals surface area contributed by atoms with E-state index >= 15 is 0 Å². The Morgan fingerprint density at radius 1 is 1.19 bits per heavy atom. The number of rotatable bonds is 6. The summed E-state index contributed by atoms with van der Waals surface area (Å²) in [6.07, 6.45) is 3.12. The lowest BCUT2D eigenvalue weighted by molar-refractivity contribution is 0.587. The van der Waals surface area contributed by atoms with Crippen molar-refractivity contribution in [3.05, 3.63) is 41.2 Å². The Balaban J connectivity index is 2.32. The summed E-state index contributed by atoms with van der Waals surface area (Å²) >= 11 is 0. The SMILES string of the molecule is CCCn1ncc(-c2cc(CNC(C)C)ccc2C)c1C. The predicted molar refractivity (Wildman–Crippen MR) is 89.4 cm³/mol. The third-order valence-electron chi connectivity index (χ3n) is 3.85. The first-order valence-corrected chi connectivity index (χ1v) is 7.88. The molecule has 1 aromatic heterocycles. The molecule has 0 aliphatic rings. The predicted octanol–water partition coefficient (Wildman–Crippen LogP) is 4.07. The first kappa shape index (κ1) is 15.8. The molecule has 0 saturated carbocycles. The van der Waals surface area contributed by atoms with Gasteiger partial charge in [0.2, 0.25) is 0 Å². The summed E-state index contributed by atoms with van der Waals surface area (Å²) < 4.78 is 2.10. The number of hydrogen-bond acceptors (Lipinski definition) is 2. The Kier molecular flexibility index (Phi) is 5.18. The number of nitrogens with one attached hydrogen (secondary N) is 1. The van der Waals surface area contributed by atoms with Crippen molar-refractivity contribution in [2.24, 2.45) is 0 Å². The summed E-state index contributed by atoms with van der Waals surface area (Å²) in [6.45, 7) is 12.8. The van der Waals surface area contributed by atoms with Crippen molar-refractivity contribution in [2.45, 2.75) is 60.2 Å². The molecule has 2 aromatic rings. The van der Waals surface area contributed by atoms with Crippen LogP contribution < -0.4 is 5.32 Å². The lowest BCUT2D eigenvalue weighted by Crippen LogP contribution is -2.21. The molecule has 1 N–H and O–H groups in total. The van der Waals surface area contributed by atoms with Crippen LogP contribution in [0.2, 0.25) is 0 Å². The van der Waals surface area contributed by atoms with Gasteiger partial charge in [-0.05, 0) is 43.0 Å². The standard InChI is InChI=1S/C18H27N3/c1-6-9-21-15(5)18(12-20-21)17-10-16(8-7-14(17)4)11-19-13(2)3/h7-8,10,12-13,19H,6,9,11H2,1-5H3. The van der Waals surface area contributed by atoms with Gasteiger partial charge in [-0.1, -0.05) is 32.9 Å². The highest BCUT2D eigenvalue weighted by atomic mass is 15.3. The van der Waals surface area contributed by atoms with Gasteiger partial charge in [-0.25, -0.2) is 0 Å². The highest BCUT2D eigenvalue weighted by Gasteiger charge is 2.11. The Labute approximate surface area is 128 Å². The van der Waals surface area contributed by atoms with Gasteiger partial charge < -0.3 is 5.32 Å². The minimum absolute atomic E-state index is 0.504. The van der Waals surface area contributed by atoms with Gasteiger partial charge in [0, 0.05) is 30.4 Å². The van der Waals surface area contributed by atoms with E-state index in [2.05, 4.69) is 67.9 Å². The summed E-state index contributed by atoms with van der Waals surface area (Å²) in [6, 6.07) is 7.22. The fourth-order valence-corrected chi connectivity index (χ4v) is 2.54.